The van der Waals surface area contributed by atoms with Crippen LogP contribution in [0.15, 0.2) is 140 Å². The van der Waals surface area contributed by atoms with Gasteiger partial charge in [0.1, 0.15) is 40.6 Å². The summed E-state index contributed by atoms with van der Waals surface area (Å²) >= 11 is 23.7. The van der Waals surface area contributed by atoms with E-state index in [0.717, 1.165) is 43.8 Å². The van der Waals surface area contributed by atoms with Crippen LogP contribution in [0.3, 0.4) is 0 Å². The monoisotopic (exact) mass is 1170 g/mol. The summed E-state index contributed by atoms with van der Waals surface area (Å²) in [5, 5.41) is 45.9. The molecular formula is C52H34Cl4FN25. The van der Waals surface area contributed by atoms with Crippen molar-refractivity contribution >= 4 is 170 Å². The second-order valence-corrected chi connectivity index (χ2v) is 18.5. The van der Waals surface area contributed by atoms with E-state index >= 15 is 0 Å². The van der Waals surface area contributed by atoms with E-state index in [1.54, 1.807) is 61.3 Å². The summed E-state index contributed by atoms with van der Waals surface area (Å²) in [6.07, 6.45) is 9.71. The fourth-order valence-electron chi connectivity index (χ4n) is 8.20. The van der Waals surface area contributed by atoms with Crippen LogP contribution in [0, 0.1) is 12.7 Å². The summed E-state index contributed by atoms with van der Waals surface area (Å²) in [5.74, 6) is 4.18. The topological polar surface area (TPSA) is 330 Å². The van der Waals surface area contributed by atoms with Crippen molar-refractivity contribution in [3.63, 3.8) is 0 Å². The van der Waals surface area contributed by atoms with Crippen LogP contribution >= 0.6 is 46.4 Å². The summed E-state index contributed by atoms with van der Waals surface area (Å²) < 4.78 is 13.7. The maximum Gasteiger partial charge on any atom is 0.226 e. The third kappa shape index (κ3) is 11.3. The van der Waals surface area contributed by atoms with E-state index in [1.807, 2.05) is 73.7 Å². The molecule has 0 saturated heterocycles. The van der Waals surface area contributed by atoms with E-state index in [2.05, 4.69) is 127 Å². The molecule has 0 aliphatic carbocycles. The molecule has 3 aromatic carbocycles. The van der Waals surface area contributed by atoms with Crippen LogP contribution in [0.4, 0.5) is 50.9 Å². The van der Waals surface area contributed by atoms with Gasteiger partial charge >= 0.3 is 0 Å². The van der Waals surface area contributed by atoms with Crippen molar-refractivity contribution in [3.05, 3.63) is 173 Å². The fourth-order valence-corrected chi connectivity index (χ4v) is 8.88. The molecule has 15 aromatic rings. The Kier molecular flexibility index (Phi) is 14.7. The molecule has 0 aliphatic heterocycles. The molecule has 0 unspecified atom stereocenters. The Morgan fingerprint density at radius 2 is 0.976 bits per heavy atom. The normalized spacial score (nSPS) is 11.0. The van der Waals surface area contributed by atoms with Gasteiger partial charge in [-0.3, -0.25) is 30.4 Å². The lowest BCUT2D eigenvalue weighted by atomic mass is 10.2. The summed E-state index contributed by atoms with van der Waals surface area (Å²) in [6.45, 7) is 1.92. The number of nitrogens with one attached hydrogen (secondary N) is 8. The molecule has 25 nitrogen and oxygen atoms in total. The molecule has 0 aliphatic rings. The minimum Gasteiger partial charge on any atom is -0.323 e. The molecule has 15 rings (SSSR count). The highest BCUT2D eigenvalue weighted by Gasteiger charge is 2.16. The lowest BCUT2D eigenvalue weighted by Gasteiger charge is -2.06. The Balaban J connectivity index is 0.000000108. The highest BCUT2D eigenvalue weighted by molar-refractivity contribution is 6.30. The first kappa shape index (κ1) is 52.2. The van der Waals surface area contributed by atoms with E-state index in [-0.39, 0.29) is 27.0 Å². The zero-order valence-electron chi connectivity index (χ0n) is 41.8. The molecule has 0 atom stereocenters. The summed E-state index contributed by atoms with van der Waals surface area (Å²) in [5.41, 5.74) is 6.08. The van der Waals surface area contributed by atoms with Gasteiger partial charge in [0.05, 0.1) is 38.2 Å². The number of hydrogen-bond donors (Lipinski definition) is 8. The van der Waals surface area contributed by atoms with E-state index in [4.69, 9.17) is 46.4 Å². The zero-order chi connectivity index (χ0) is 56.1. The number of halogens is 5. The molecule has 30 heteroatoms. The van der Waals surface area contributed by atoms with Crippen molar-refractivity contribution in [2.75, 3.05) is 21.3 Å². The van der Waals surface area contributed by atoms with Gasteiger partial charge in [0.15, 0.2) is 40.4 Å². The molecule has 0 bridgehead atoms. The fraction of sp³-hybridized carbons (Fsp3) is 0.0192. The van der Waals surface area contributed by atoms with Gasteiger partial charge in [-0.2, -0.15) is 50.3 Å². The average Bonchev–Trinajstić information content (AvgIpc) is 4.48. The molecule has 12 aromatic heterocycles. The predicted octanol–water partition coefficient (Wildman–Crippen LogP) is 11.9. The Labute approximate surface area is 478 Å². The molecule has 0 spiro atoms. The number of aromatic amines is 4. The van der Waals surface area contributed by atoms with E-state index in [1.165, 1.54) is 12.4 Å². The van der Waals surface area contributed by atoms with Crippen molar-refractivity contribution in [2.45, 2.75) is 6.92 Å². The van der Waals surface area contributed by atoms with Crippen LogP contribution in [0.25, 0.3) is 76.7 Å². The van der Waals surface area contributed by atoms with Crippen molar-refractivity contribution in [2.24, 2.45) is 0 Å². The third-order valence-electron chi connectivity index (χ3n) is 11.8. The van der Waals surface area contributed by atoms with Gasteiger partial charge in [-0.25, -0.2) is 29.3 Å². The molecule has 0 saturated carbocycles. The third-order valence-corrected chi connectivity index (χ3v) is 12.5. The lowest BCUT2D eigenvalue weighted by Crippen LogP contribution is -1.99. The minimum atomic E-state index is -0.373. The summed E-state index contributed by atoms with van der Waals surface area (Å²) in [4.78, 5) is 53.7. The van der Waals surface area contributed by atoms with Crippen molar-refractivity contribution < 1.29 is 4.39 Å². The van der Waals surface area contributed by atoms with Crippen LogP contribution in [-0.4, -0.2) is 106 Å². The highest BCUT2D eigenvalue weighted by atomic mass is 35.5. The maximum atomic E-state index is 13.7. The van der Waals surface area contributed by atoms with Gasteiger partial charge in [-0.05, 0) is 120 Å². The molecule has 0 radical (unpaired) electrons. The molecule has 8 N–H and O–H groups in total. The van der Waals surface area contributed by atoms with Crippen molar-refractivity contribution in [1.82, 2.24) is 106 Å². The number of nitrogens with zero attached hydrogens (tertiary/aromatic N) is 17. The number of fused-ring (bicyclic) bond motifs is 7. The largest absolute Gasteiger partial charge is 0.323 e. The summed E-state index contributed by atoms with van der Waals surface area (Å²) in [6, 6.07) is 31.3. The Morgan fingerprint density at radius 3 is 1.70 bits per heavy atom. The van der Waals surface area contributed by atoms with Gasteiger partial charge in [-0.15, -0.1) is 0 Å². The number of H-pyrrole nitrogens is 4. The Hall–Kier alpha value is -10.5. The van der Waals surface area contributed by atoms with Crippen molar-refractivity contribution in [3.8, 4) is 0 Å². The number of hydrogen-bond acceptors (Lipinski definition) is 21. The number of para-hydroxylation sites is 3. The van der Waals surface area contributed by atoms with Crippen molar-refractivity contribution in [1.29, 1.82) is 0 Å². The molecular weight excluding hydrogens is 1140 g/mol. The first-order valence-electron chi connectivity index (χ1n) is 24.1. The molecule has 0 fully saturated rings. The summed E-state index contributed by atoms with van der Waals surface area (Å²) in [7, 11) is 0. The van der Waals surface area contributed by atoms with Gasteiger partial charge in [-0.1, -0.05) is 30.3 Å². The van der Waals surface area contributed by atoms with Gasteiger partial charge < -0.3 is 21.3 Å². The maximum absolute atomic E-state index is 13.7. The first-order chi connectivity index (χ1) is 40.1. The predicted molar refractivity (Wildman–Crippen MR) is 312 cm³/mol. The SMILES string of the molecule is Cc1cc(Nc2nc(Cl)nc3ncccc23)n[nH]1.Clc1nc(Nc2n[nH]c3ccccc23)c2cnccc2n1.Clc1nc(Nc2n[nH]c3ccccc23)c2cncnc2n1.Fc1cccc2c(Nc3nc(Cl)nc4cccnc34)n[nH]c12. The zero-order valence-corrected chi connectivity index (χ0v) is 44.8. The van der Waals surface area contributed by atoms with Crippen LogP contribution in [0.2, 0.25) is 21.1 Å². The van der Waals surface area contributed by atoms with Crippen LogP contribution in [0.1, 0.15) is 5.69 Å². The van der Waals surface area contributed by atoms with Gasteiger partial charge in [0, 0.05) is 58.9 Å². The van der Waals surface area contributed by atoms with Crippen LogP contribution < -0.4 is 21.3 Å². The molecule has 82 heavy (non-hydrogen) atoms. The second-order valence-electron chi connectivity index (χ2n) is 17.2. The van der Waals surface area contributed by atoms with Crippen LogP contribution in [-0.2, 0) is 0 Å². The number of benzene rings is 3. The number of aromatic nitrogens is 21. The molecule has 402 valence electrons. The first-order valence-corrected chi connectivity index (χ1v) is 25.6. The quantitative estimate of drug-likeness (QED) is 0.0655. The Morgan fingerprint density at radius 1 is 0.415 bits per heavy atom. The minimum absolute atomic E-state index is 0.0917. The molecule has 0 amide bonds. The standard InChI is InChI=1S/C14H8ClFN6.C14H9ClN6.C13H8ClN7.C11H9ClN6/c15-14-18-9-5-2-6-17-11(9)13(20-14)19-12-7-3-1-4-8(16)10(7)21-22-12;15-14-17-10-5-6-16-7-9(10)12(19-14)18-13-8-3-1-2-4-11(8)20-21-13;14-13-18-10-8(5-15-6-16-10)11(19-13)17-12-7-3-1-2-4-9(7)20-21-12;1-6-5-8(18-17-6)14-10-7-3-2-4-13-9(7)15-11(12)16-10/h1-6H,(H2,18,19,20,21,22);1-7H,(H2,17,18,19,20,21);1-6H,(H2,15,16,17,18,19,20,21);2-5H,1H3,(H2,13,14,15,16,17,18). The number of pyridine rings is 3. The Bertz CT molecular complexity index is 4650. The smallest absolute Gasteiger partial charge is 0.226 e. The van der Waals surface area contributed by atoms with Gasteiger partial charge in [0.25, 0.3) is 0 Å². The van der Waals surface area contributed by atoms with Crippen LogP contribution in [0.5, 0.6) is 0 Å². The number of rotatable bonds is 8. The van der Waals surface area contributed by atoms with E-state index < -0.39 is 0 Å². The van der Waals surface area contributed by atoms with Gasteiger partial charge in [0.2, 0.25) is 21.1 Å². The van der Waals surface area contributed by atoms with E-state index in [9.17, 15) is 4.39 Å². The number of anilines is 8. The highest BCUT2D eigenvalue weighted by Crippen LogP contribution is 2.31. The lowest BCUT2D eigenvalue weighted by molar-refractivity contribution is 0.636. The number of aryl methyl sites for hydroxylation is 1. The molecule has 12 heterocycles. The van der Waals surface area contributed by atoms with E-state index in [0.29, 0.717) is 85.2 Å². The average molecular weight is 1170 g/mol. The second kappa shape index (κ2) is 23.0.